The minimum atomic E-state index is -1.64. The van der Waals surface area contributed by atoms with Gasteiger partial charge in [0.1, 0.15) is 0 Å². The Morgan fingerprint density at radius 2 is 1.74 bits per heavy atom. The van der Waals surface area contributed by atoms with Crippen molar-refractivity contribution in [3.8, 4) is 0 Å². The fourth-order valence-electron chi connectivity index (χ4n) is 3.47. The maximum Gasteiger partial charge on any atom is 0.279 e. The lowest BCUT2D eigenvalue weighted by Crippen LogP contribution is -3.11. The first-order chi connectivity index (χ1) is 12.7. The molecule has 1 aromatic carbocycles. The van der Waals surface area contributed by atoms with E-state index < -0.39 is 29.0 Å². The summed E-state index contributed by atoms with van der Waals surface area (Å²) >= 11 is 0. The van der Waals surface area contributed by atoms with Crippen molar-refractivity contribution in [2.75, 3.05) is 25.5 Å². The van der Waals surface area contributed by atoms with E-state index in [0.29, 0.717) is 16.7 Å². The number of hydrogen-bond donors (Lipinski definition) is 3. The zero-order valence-corrected chi connectivity index (χ0v) is 15.9. The minimum absolute atomic E-state index is 0.0886. The van der Waals surface area contributed by atoms with Crippen LogP contribution in [-0.4, -0.2) is 38.0 Å². The van der Waals surface area contributed by atoms with Crippen molar-refractivity contribution in [3.63, 3.8) is 0 Å². The second kappa shape index (κ2) is 9.21. The summed E-state index contributed by atoms with van der Waals surface area (Å²) < 4.78 is 39.7. The highest BCUT2D eigenvalue weighted by Gasteiger charge is 2.29. The molecular formula is C19H27F3N3O2+. The van der Waals surface area contributed by atoms with Gasteiger partial charge in [-0.1, -0.05) is 26.7 Å². The van der Waals surface area contributed by atoms with E-state index in [1.54, 1.807) is 7.05 Å². The molecule has 8 heteroatoms. The number of halogens is 3. The van der Waals surface area contributed by atoms with E-state index in [4.69, 9.17) is 0 Å². The highest BCUT2D eigenvalue weighted by atomic mass is 19.2. The van der Waals surface area contributed by atoms with Gasteiger partial charge in [-0.05, 0) is 30.4 Å². The molecule has 0 aromatic heterocycles. The van der Waals surface area contributed by atoms with Crippen LogP contribution in [-0.2, 0) is 9.59 Å². The van der Waals surface area contributed by atoms with Gasteiger partial charge < -0.3 is 15.5 Å². The van der Waals surface area contributed by atoms with E-state index in [9.17, 15) is 22.8 Å². The van der Waals surface area contributed by atoms with Gasteiger partial charge in [0.05, 0.1) is 12.7 Å². The number of anilines is 1. The van der Waals surface area contributed by atoms with E-state index in [0.717, 1.165) is 25.0 Å². The van der Waals surface area contributed by atoms with Gasteiger partial charge in [-0.3, -0.25) is 9.59 Å². The van der Waals surface area contributed by atoms with Crippen LogP contribution in [0.2, 0.25) is 0 Å². The summed E-state index contributed by atoms with van der Waals surface area (Å²) in [6, 6.07) is 1.84. The number of quaternary nitrogens is 1. The molecule has 150 valence electrons. The Morgan fingerprint density at radius 3 is 2.44 bits per heavy atom. The van der Waals surface area contributed by atoms with E-state index in [-0.39, 0.29) is 25.0 Å². The lowest BCUT2D eigenvalue weighted by molar-refractivity contribution is -0.862. The molecule has 1 unspecified atom stereocenters. The van der Waals surface area contributed by atoms with Gasteiger partial charge in [0.15, 0.2) is 30.5 Å². The third kappa shape index (κ3) is 5.69. The molecule has 2 amide bonds. The largest absolute Gasteiger partial charge is 0.348 e. The third-order valence-corrected chi connectivity index (χ3v) is 5.29. The van der Waals surface area contributed by atoms with Crippen LogP contribution in [0.5, 0.6) is 0 Å². The van der Waals surface area contributed by atoms with Gasteiger partial charge in [0.25, 0.3) is 11.8 Å². The molecule has 0 spiro atoms. The maximum absolute atomic E-state index is 13.6. The first kappa shape index (κ1) is 21.2. The van der Waals surface area contributed by atoms with Gasteiger partial charge in [0.2, 0.25) is 0 Å². The SMILES string of the molecule is C[C@H]1[C@@H](NC(=O)C[NH+](C)CC(=O)Nc2ccc(F)c(F)c2F)CCC[C@@H]1C. The van der Waals surface area contributed by atoms with Crippen molar-refractivity contribution in [2.24, 2.45) is 11.8 Å². The van der Waals surface area contributed by atoms with Crippen molar-refractivity contribution in [2.45, 2.75) is 39.2 Å². The van der Waals surface area contributed by atoms with Crippen molar-refractivity contribution < 1.29 is 27.7 Å². The molecule has 1 fully saturated rings. The Labute approximate surface area is 157 Å². The minimum Gasteiger partial charge on any atom is -0.348 e. The fourth-order valence-corrected chi connectivity index (χ4v) is 3.47. The zero-order chi connectivity index (χ0) is 20.1. The number of carbonyl (C=O) groups is 2. The van der Waals surface area contributed by atoms with E-state index >= 15 is 0 Å². The monoisotopic (exact) mass is 386 g/mol. The predicted octanol–water partition coefficient (Wildman–Crippen LogP) is 1.50. The van der Waals surface area contributed by atoms with Crippen LogP contribution in [0.25, 0.3) is 0 Å². The van der Waals surface area contributed by atoms with Gasteiger partial charge in [-0.15, -0.1) is 0 Å². The molecule has 1 aliphatic carbocycles. The molecule has 5 nitrogen and oxygen atoms in total. The Balaban J connectivity index is 1.82. The standard InChI is InChI=1S/C19H26F3N3O2/c1-11-5-4-6-14(12(11)2)23-16(26)9-25(3)10-17(27)24-15-8-7-13(20)18(21)19(15)22/h7-8,11-12,14H,4-6,9-10H2,1-3H3,(H,23,26)(H,24,27)/p+1/t11-,12+,14-/m0/s1. The first-order valence-electron chi connectivity index (χ1n) is 9.23. The number of amides is 2. The first-order valence-corrected chi connectivity index (χ1v) is 9.23. The molecule has 0 bridgehead atoms. The second-order valence-electron chi connectivity index (χ2n) is 7.52. The summed E-state index contributed by atoms with van der Waals surface area (Å²) in [4.78, 5) is 24.8. The van der Waals surface area contributed by atoms with E-state index in [1.165, 1.54) is 6.42 Å². The summed E-state index contributed by atoms with van der Waals surface area (Å²) in [6.07, 6.45) is 3.20. The average molecular weight is 386 g/mol. The van der Waals surface area contributed by atoms with Gasteiger partial charge >= 0.3 is 0 Å². The van der Waals surface area contributed by atoms with Crippen molar-refractivity contribution >= 4 is 17.5 Å². The second-order valence-corrected chi connectivity index (χ2v) is 7.52. The number of nitrogens with one attached hydrogen (secondary N) is 3. The highest BCUT2D eigenvalue weighted by molar-refractivity contribution is 5.91. The van der Waals surface area contributed by atoms with Crippen molar-refractivity contribution in [1.82, 2.24) is 5.32 Å². The van der Waals surface area contributed by atoms with Crippen LogP contribution in [0.1, 0.15) is 33.1 Å². The molecule has 0 radical (unpaired) electrons. The van der Waals surface area contributed by atoms with Crippen molar-refractivity contribution in [3.05, 3.63) is 29.6 Å². The number of carbonyl (C=O) groups excluding carboxylic acids is 2. The summed E-state index contributed by atoms with van der Waals surface area (Å²) in [5.74, 6) is -4.18. The van der Waals surface area contributed by atoms with Crippen LogP contribution in [0.3, 0.4) is 0 Å². The topological polar surface area (TPSA) is 62.6 Å². The Bertz CT molecular complexity index is 699. The Kier molecular flexibility index (Phi) is 7.24. The molecule has 2 rings (SSSR count). The lowest BCUT2D eigenvalue weighted by atomic mass is 9.78. The molecule has 0 heterocycles. The molecule has 1 saturated carbocycles. The van der Waals surface area contributed by atoms with E-state index in [1.807, 2.05) is 0 Å². The van der Waals surface area contributed by atoms with Crippen molar-refractivity contribution in [1.29, 1.82) is 0 Å². The number of rotatable bonds is 6. The molecule has 27 heavy (non-hydrogen) atoms. The summed E-state index contributed by atoms with van der Waals surface area (Å²) in [7, 11) is 1.66. The average Bonchev–Trinajstić information content (AvgIpc) is 2.59. The third-order valence-electron chi connectivity index (χ3n) is 5.29. The van der Waals surface area contributed by atoms with Gasteiger partial charge in [0, 0.05) is 6.04 Å². The highest BCUT2D eigenvalue weighted by Crippen LogP contribution is 2.29. The number of hydrogen-bond acceptors (Lipinski definition) is 2. The van der Waals surface area contributed by atoms with Crippen LogP contribution >= 0.6 is 0 Å². The zero-order valence-electron chi connectivity index (χ0n) is 15.9. The molecule has 1 aromatic rings. The Hall–Kier alpha value is -2.09. The number of likely N-dealkylation sites (N-methyl/N-ethyl adjacent to an activating group) is 1. The van der Waals surface area contributed by atoms with E-state index in [2.05, 4.69) is 24.5 Å². The number of benzene rings is 1. The normalized spacial score (nSPS) is 23.6. The fraction of sp³-hybridized carbons (Fsp3) is 0.579. The quantitative estimate of drug-likeness (QED) is 0.649. The summed E-state index contributed by atoms with van der Waals surface area (Å²) in [5, 5.41) is 5.24. The molecule has 1 aliphatic rings. The summed E-state index contributed by atoms with van der Waals surface area (Å²) in [5.41, 5.74) is -0.429. The molecule has 3 N–H and O–H groups in total. The van der Waals surface area contributed by atoms with Gasteiger partial charge in [-0.2, -0.15) is 0 Å². The maximum atomic E-state index is 13.6. The molecular weight excluding hydrogens is 359 g/mol. The van der Waals surface area contributed by atoms with Crippen LogP contribution in [0, 0.1) is 29.3 Å². The molecule has 0 saturated heterocycles. The van der Waals surface area contributed by atoms with Crippen LogP contribution < -0.4 is 15.5 Å². The summed E-state index contributed by atoms with van der Waals surface area (Å²) in [6.45, 7) is 4.30. The molecule has 4 atom stereocenters. The lowest BCUT2D eigenvalue weighted by Gasteiger charge is -2.34. The van der Waals surface area contributed by atoms with Crippen LogP contribution in [0.15, 0.2) is 12.1 Å². The molecule has 0 aliphatic heterocycles. The van der Waals surface area contributed by atoms with Crippen LogP contribution in [0.4, 0.5) is 18.9 Å². The van der Waals surface area contributed by atoms with Gasteiger partial charge in [-0.25, -0.2) is 13.2 Å². The Morgan fingerprint density at radius 1 is 1.07 bits per heavy atom. The smallest absolute Gasteiger partial charge is 0.279 e. The predicted molar refractivity (Wildman–Crippen MR) is 95.7 cm³/mol.